The van der Waals surface area contributed by atoms with Crippen molar-refractivity contribution in [1.29, 1.82) is 0 Å². The number of para-hydroxylation sites is 1. The molecule has 13 heavy (non-hydrogen) atoms. The van der Waals surface area contributed by atoms with E-state index in [0.29, 0.717) is 0 Å². The summed E-state index contributed by atoms with van der Waals surface area (Å²) in [6.07, 6.45) is 0. The smallest absolute Gasteiger partial charge is 0.192 e. The molecule has 0 atom stereocenters. The van der Waals surface area contributed by atoms with Crippen LogP contribution in [-0.4, -0.2) is 10.3 Å². The Balaban J connectivity index is 3.02. The molecule has 0 heterocycles. The van der Waals surface area contributed by atoms with Gasteiger partial charge in [-0.05, 0) is 36.6 Å². The topological polar surface area (TPSA) is 41.6 Å². The third-order valence-corrected chi connectivity index (χ3v) is 1.60. The number of hydrogen-bond acceptors (Lipinski definition) is 3. The van der Waals surface area contributed by atoms with E-state index in [1.165, 1.54) is 5.01 Å². The summed E-state index contributed by atoms with van der Waals surface area (Å²) in [5.41, 5.74) is 6.20. The number of nitrogens with two attached hydrogens (primary N) is 1. The van der Waals surface area contributed by atoms with Gasteiger partial charge >= 0.3 is 0 Å². The molecule has 0 saturated heterocycles. The molecule has 1 aromatic carbocycles. The highest BCUT2D eigenvalue weighted by Gasteiger charge is 2.05. The van der Waals surface area contributed by atoms with Gasteiger partial charge in [-0.25, -0.2) is 0 Å². The molecule has 0 aliphatic rings. The van der Waals surface area contributed by atoms with Crippen molar-refractivity contribution in [1.82, 2.24) is 0 Å². The third kappa shape index (κ3) is 2.59. The van der Waals surface area contributed by atoms with E-state index < -0.39 is 0 Å². The van der Waals surface area contributed by atoms with Gasteiger partial charge in [-0.2, -0.15) is 5.01 Å². The van der Waals surface area contributed by atoms with Crippen molar-refractivity contribution in [3.8, 4) is 0 Å². The molecule has 1 aromatic rings. The van der Waals surface area contributed by atoms with Crippen LogP contribution in [0.5, 0.6) is 0 Å². The largest absolute Gasteiger partial charge is 0.374 e. The second-order valence-electron chi connectivity index (χ2n) is 2.18. The molecular formula is C8H7N3S2. The first kappa shape index (κ1) is 9.80. The predicted molar refractivity (Wildman–Crippen MR) is 60.7 cm³/mol. The van der Waals surface area contributed by atoms with E-state index in [2.05, 4.69) is 22.5 Å². The van der Waals surface area contributed by atoms with Gasteiger partial charge in [0.25, 0.3) is 0 Å². The maximum atomic E-state index is 5.43. The van der Waals surface area contributed by atoms with Gasteiger partial charge in [0.2, 0.25) is 0 Å². The molecule has 0 unspecified atom stereocenters. The van der Waals surface area contributed by atoms with E-state index in [4.69, 9.17) is 18.0 Å². The summed E-state index contributed by atoms with van der Waals surface area (Å²) in [4.78, 5) is 0. The summed E-state index contributed by atoms with van der Waals surface area (Å²) in [5.74, 6) is 0. The third-order valence-electron chi connectivity index (χ3n) is 1.35. The zero-order valence-electron chi connectivity index (χ0n) is 6.68. The molecule has 0 amide bonds. The van der Waals surface area contributed by atoms with Crippen LogP contribution in [0.3, 0.4) is 0 Å². The van der Waals surface area contributed by atoms with Crippen molar-refractivity contribution in [3.63, 3.8) is 0 Å². The van der Waals surface area contributed by atoms with Crippen molar-refractivity contribution >= 4 is 40.4 Å². The summed E-state index contributed by atoms with van der Waals surface area (Å²) in [7, 11) is 0. The van der Waals surface area contributed by atoms with Gasteiger partial charge in [-0.3, -0.25) is 0 Å². The highest BCUT2D eigenvalue weighted by Crippen LogP contribution is 2.12. The minimum absolute atomic E-state index is 0.142. The number of nitrogens with zero attached hydrogens (tertiary/aromatic N) is 2. The Labute approximate surface area is 86.8 Å². The molecule has 0 aliphatic heterocycles. The minimum atomic E-state index is 0.142. The minimum Gasteiger partial charge on any atom is -0.374 e. The fraction of sp³-hybridized carbons (Fsp3) is 0. The first-order chi connectivity index (χ1) is 6.25. The van der Waals surface area contributed by atoms with Gasteiger partial charge < -0.3 is 5.73 Å². The highest BCUT2D eigenvalue weighted by atomic mass is 32.1. The van der Waals surface area contributed by atoms with Crippen LogP contribution >= 0.6 is 24.4 Å². The van der Waals surface area contributed by atoms with Crippen LogP contribution in [0.25, 0.3) is 0 Å². The molecule has 5 heteroatoms. The van der Waals surface area contributed by atoms with Gasteiger partial charge in [-0.15, -0.1) is 5.10 Å². The lowest BCUT2D eigenvalue weighted by Gasteiger charge is -2.14. The van der Waals surface area contributed by atoms with Crippen molar-refractivity contribution in [2.24, 2.45) is 10.8 Å². The lowest BCUT2D eigenvalue weighted by atomic mass is 10.3. The fourth-order valence-electron chi connectivity index (χ4n) is 0.844. The van der Waals surface area contributed by atoms with Crippen LogP contribution in [0, 0.1) is 0 Å². The van der Waals surface area contributed by atoms with Crippen LogP contribution in [0.4, 0.5) is 5.69 Å². The second-order valence-corrected chi connectivity index (χ2v) is 2.78. The zero-order chi connectivity index (χ0) is 9.68. The van der Waals surface area contributed by atoms with Crippen molar-refractivity contribution in [3.05, 3.63) is 30.3 Å². The Hall–Kier alpha value is -1.29. The van der Waals surface area contributed by atoms with Crippen LogP contribution in [-0.2, 0) is 0 Å². The number of anilines is 1. The van der Waals surface area contributed by atoms with E-state index in [-0.39, 0.29) is 5.11 Å². The maximum Gasteiger partial charge on any atom is 0.192 e. The van der Waals surface area contributed by atoms with Crippen molar-refractivity contribution in [2.45, 2.75) is 0 Å². The molecule has 0 fully saturated rings. The number of thiocarbonyl (C=S) groups is 2. The Morgan fingerprint density at radius 1 is 1.38 bits per heavy atom. The number of isothiocyanates is 1. The summed E-state index contributed by atoms with van der Waals surface area (Å²) < 4.78 is 0. The van der Waals surface area contributed by atoms with E-state index in [1.54, 1.807) is 0 Å². The lowest BCUT2D eigenvalue weighted by molar-refractivity contribution is 1.15. The zero-order valence-corrected chi connectivity index (χ0v) is 8.31. The normalized spacial score (nSPS) is 8.62. The Bertz CT molecular complexity index is 342. The van der Waals surface area contributed by atoms with Crippen LogP contribution in [0.2, 0.25) is 0 Å². The first-order valence-corrected chi connectivity index (χ1v) is 4.29. The van der Waals surface area contributed by atoms with Crippen LogP contribution in [0.15, 0.2) is 35.4 Å². The molecule has 1 rings (SSSR count). The highest BCUT2D eigenvalue weighted by molar-refractivity contribution is 7.80. The standard InChI is InChI=1S/C8H7N3S2/c9-8(13)11(10-6-12)7-4-2-1-3-5-7/h1-5H,(H2,9,13). The summed E-state index contributed by atoms with van der Waals surface area (Å²) in [5, 5.41) is 7.43. The van der Waals surface area contributed by atoms with E-state index in [0.717, 1.165) is 5.69 Å². The molecule has 3 nitrogen and oxygen atoms in total. The Morgan fingerprint density at radius 3 is 2.46 bits per heavy atom. The molecule has 0 saturated carbocycles. The molecule has 0 bridgehead atoms. The summed E-state index contributed by atoms with van der Waals surface area (Å²) >= 11 is 9.26. The molecule has 2 N–H and O–H groups in total. The lowest BCUT2D eigenvalue weighted by Crippen LogP contribution is -2.30. The van der Waals surface area contributed by atoms with Crippen molar-refractivity contribution < 1.29 is 0 Å². The number of hydrazone groups is 1. The van der Waals surface area contributed by atoms with E-state index >= 15 is 0 Å². The molecule has 66 valence electrons. The average molecular weight is 209 g/mol. The van der Waals surface area contributed by atoms with E-state index in [1.807, 2.05) is 30.3 Å². The van der Waals surface area contributed by atoms with Crippen molar-refractivity contribution in [2.75, 3.05) is 5.01 Å². The molecule has 0 aliphatic carbocycles. The quantitative estimate of drug-likeness (QED) is 0.458. The molecule has 0 spiro atoms. The predicted octanol–water partition coefficient (Wildman–Crippen LogP) is 1.75. The van der Waals surface area contributed by atoms with E-state index in [9.17, 15) is 0 Å². The van der Waals surface area contributed by atoms with Crippen LogP contribution < -0.4 is 10.7 Å². The Morgan fingerprint density at radius 2 is 2.00 bits per heavy atom. The maximum absolute atomic E-state index is 5.43. The molecule has 0 radical (unpaired) electrons. The molecule has 0 aromatic heterocycles. The summed E-state index contributed by atoms with van der Waals surface area (Å²) in [6.45, 7) is 0. The number of hydrogen-bond donors (Lipinski definition) is 1. The SMILES string of the molecule is NC(=S)N(N=C=S)c1ccccc1. The van der Waals surface area contributed by atoms with Gasteiger partial charge in [0, 0.05) is 0 Å². The van der Waals surface area contributed by atoms with Crippen LogP contribution in [0.1, 0.15) is 0 Å². The van der Waals surface area contributed by atoms with Gasteiger partial charge in [0.05, 0.1) is 10.8 Å². The molecular weight excluding hydrogens is 202 g/mol. The second kappa shape index (κ2) is 4.67. The average Bonchev–Trinajstić information content (AvgIpc) is 2.15. The monoisotopic (exact) mass is 209 g/mol. The van der Waals surface area contributed by atoms with Gasteiger partial charge in [-0.1, -0.05) is 18.2 Å². The van der Waals surface area contributed by atoms with Gasteiger partial charge in [0.15, 0.2) is 5.11 Å². The fourth-order valence-corrected chi connectivity index (χ4v) is 1.07. The van der Waals surface area contributed by atoms with Gasteiger partial charge in [0.1, 0.15) is 0 Å². The number of rotatable bonds is 2. The Kier molecular flexibility index (Phi) is 3.52. The first-order valence-electron chi connectivity index (χ1n) is 3.48. The summed E-state index contributed by atoms with van der Waals surface area (Å²) in [6, 6.07) is 9.27. The number of benzene rings is 1.